The fourth-order valence-electron chi connectivity index (χ4n) is 1.93. The number of nitrogens with zero attached hydrogens (tertiary/aromatic N) is 1. The van der Waals surface area contributed by atoms with Gasteiger partial charge < -0.3 is 5.11 Å². The minimum atomic E-state index is -4.71. The Bertz CT molecular complexity index is 398. The highest BCUT2D eigenvalue weighted by molar-refractivity contribution is 7.89. The van der Waals surface area contributed by atoms with Crippen LogP contribution in [-0.4, -0.2) is 48.4 Å². The summed E-state index contributed by atoms with van der Waals surface area (Å²) in [5.74, 6) is 0.154. The van der Waals surface area contributed by atoms with Gasteiger partial charge in [0, 0.05) is 13.1 Å². The third kappa shape index (κ3) is 4.06. The summed E-state index contributed by atoms with van der Waals surface area (Å²) < 4.78 is 62.6. The van der Waals surface area contributed by atoms with E-state index in [0.29, 0.717) is 6.42 Å². The van der Waals surface area contributed by atoms with Gasteiger partial charge in [0.25, 0.3) is 0 Å². The third-order valence-corrected chi connectivity index (χ3v) is 5.33. The zero-order valence-corrected chi connectivity index (χ0v) is 11.9. The van der Waals surface area contributed by atoms with Crippen molar-refractivity contribution in [1.82, 2.24) is 4.31 Å². The first kappa shape index (κ1) is 16.7. The van der Waals surface area contributed by atoms with Gasteiger partial charge in [0.2, 0.25) is 10.0 Å². The van der Waals surface area contributed by atoms with Gasteiger partial charge in [-0.15, -0.1) is 0 Å². The van der Waals surface area contributed by atoms with E-state index in [9.17, 15) is 26.7 Å². The Morgan fingerprint density at radius 2 is 1.74 bits per heavy atom. The molecule has 0 spiro atoms. The van der Waals surface area contributed by atoms with Crippen LogP contribution in [0.3, 0.4) is 0 Å². The molecule has 4 nitrogen and oxygen atoms in total. The molecule has 0 bridgehead atoms. The molecule has 1 aliphatic rings. The second-order valence-electron chi connectivity index (χ2n) is 5.43. The van der Waals surface area contributed by atoms with Gasteiger partial charge in [0.1, 0.15) is 0 Å². The van der Waals surface area contributed by atoms with Crippen molar-refractivity contribution < 1.29 is 26.7 Å². The van der Waals surface area contributed by atoms with Gasteiger partial charge in [-0.05, 0) is 25.2 Å². The predicted octanol–water partition coefficient (Wildman–Crippen LogP) is 1.75. The van der Waals surface area contributed by atoms with E-state index < -0.39 is 34.6 Å². The van der Waals surface area contributed by atoms with Crippen LogP contribution in [0.4, 0.5) is 13.2 Å². The summed E-state index contributed by atoms with van der Waals surface area (Å²) >= 11 is 0. The van der Waals surface area contributed by atoms with E-state index in [2.05, 4.69) is 0 Å². The molecule has 114 valence electrons. The monoisotopic (exact) mass is 303 g/mol. The SMILES string of the molecule is CC(C)CCS(=O)(=O)N1CCC(O)(C(F)(F)F)CC1. The molecule has 0 unspecified atom stereocenters. The highest BCUT2D eigenvalue weighted by Crippen LogP contribution is 2.38. The zero-order chi connectivity index (χ0) is 14.9. The number of alkyl halides is 3. The topological polar surface area (TPSA) is 57.6 Å². The van der Waals surface area contributed by atoms with E-state index in [1.807, 2.05) is 13.8 Å². The predicted molar refractivity (Wildman–Crippen MR) is 65.1 cm³/mol. The van der Waals surface area contributed by atoms with Crippen LogP contribution in [0.25, 0.3) is 0 Å². The molecule has 1 N–H and O–H groups in total. The first-order valence-corrected chi connectivity index (χ1v) is 7.86. The fraction of sp³-hybridized carbons (Fsp3) is 1.00. The van der Waals surface area contributed by atoms with Crippen molar-refractivity contribution in [3.8, 4) is 0 Å². The number of piperidine rings is 1. The number of hydrogen-bond acceptors (Lipinski definition) is 3. The van der Waals surface area contributed by atoms with Gasteiger partial charge in [-0.2, -0.15) is 13.2 Å². The van der Waals surface area contributed by atoms with E-state index >= 15 is 0 Å². The Kier molecular flexibility index (Phi) is 4.90. The first-order chi connectivity index (χ1) is 8.48. The van der Waals surface area contributed by atoms with E-state index in [1.54, 1.807) is 0 Å². The zero-order valence-electron chi connectivity index (χ0n) is 11.1. The fourth-order valence-corrected chi connectivity index (χ4v) is 3.70. The molecule has 0 radical (unpaired) electrons. The van der Waals surface area contributed by atoms with E-state index in [-0.39, 0.29) is 24.8 Å². The average molecular weight is 303 g/mol. The summed E-state index contributed by atoms with van der Waals surface area (Å²) in [7, 11) is -3.52. The molecule has 1 fully saturated rings. The average Bonchev–Trinajstić information content (AvgIpc) is 2.26. The molecular weight excluding hydrogens is 283 g/mol. The van der Waals surface area contributed by atoms with Gasteiger partial charge in [0.05, 0.1) is 5.75 Å². The summed E-state index contributed by atoms with van der Waals surface area (Å²) in [6.45, 7) is 3.20. The Hall–Kier alpha value is -0.340. The van der Waals surface area contributed by atoms with Crippen LogP contribution in [0.5, 0.6) is 0 Å². The van der Waals surface area contributed by atoms with Crippen LogP contribution in [0.1, 0.15) is 33.1 Å². The number of sulfonamides is 1. The van der Waals surface area contributed by atoms with Crippen LogP contribution in [-0.2, 0) is 10.0 Å². The summed E-state index contributed by atoms with van der Waals surface area (Å²) in [5, 5.41) is 9.46. The smallest absolute Gasteiger partial charge is 0.380 e. The largest absolute Gasteiger partial charge is 0.417 e. The lowest BCUT2D eigenvalue weighted by atomic mass is 9.92. The second-order valence-corrected chi connectivity index (χ2v) is 7.52. The molecule has 0 amide bonds. The molecule has 1 rings (SSSR count). The van der Waals surface area contributed by atoms with Gasteiger partial charge in [-0.25, -0.2) is 12.7 Å². The number of rotatable bonds is 4. The molecule has 0 aromatic heterocycles. The minimum Gasteiger partial charge on any atom is -0.380 e. The summed E-state index contributed by atoms with van der Waals surface area (Å²) in [5.41, 5.74) is -2.75. The molecule has 0 aromatic rings. The maximum Gasteiger partial charge on any atom is 0.417 e. The van der Waals surface area contributed by atoms with Crippen LogP contribution < -0.4 is 0 Å². The summed E-state index contributed by atoms with van der Waals surface area (Å²) in [6, 6.07) is 0. The van der Waals surface area contributed by atoms with E-state index in [4.69, 9.17) is 0 Å². The standard InChI is InChI=1S/C11H20F3NO3S/c1-9(2)3-8-19(17,18)15-6-4-10(16,5-7-15)11(12,13)14/h9,16H,3-8H2,1-2H3. The van der Waals surface area contributed by atoms with Gasteiger partial charge >= 0.3 is 6.18 Å². The lowest BCUT2D eigenvalue weighted by Gasteiger charge is -2.38. The van der Waals surface area contributed by atoms with Crippen molar-refractivity contribution in [1.29, 1.82) is 0 Å². The Morgan fingerprint density at radius 3 is 2.11 bits per heavy atom. The first-order valence-electron chi connectivity index (χ1n) is 6.25. The maximum absolute atomic E-state index is 12.6. The summed E-state index contributed by atoms with van der Waals surface area (Å²) in [6.07, 6.45) is -5.43. The highest BCUT2D eigenvalue weighted by Gasteiger charge is 2.55. The molecule has 1 heterocycles. The molecule has 8 heteroatoms. The Labute approximate surface area is 111 Å². The van der Waals surface area contributed by atoms with Gasteiger partial charge in [-0.1, -0.05) is 13.8 Å². The molecule has 0 atom stereocenters. The highest BCUT2D eigenvalue weighted by atomic mass is 32.2. The molecule has 0 aromatic carbocycles. The van der Waals surface area contributed by atoms with Crippen LogP contribution >= 0.6 is 0 Å². The van der Waals surface area contributed by atoms with Crippen molar-refractivity contribution in [2.75, 3.05) is 18.8 Å². The third-order valence-electron chi connectivity index (χ3n) is 3.42. The van der Waals surface area contributed by atoms with E-state index in [0.717, 1.165) is 4.31 Å². The molecule has 19 heavy (non-hydrogen) atoms. The van der Waals surface area contributed by atoms with Crippen LogP contribution in [0.15, 0.2) is 0 Å². The normalized spacial score (nSPS) is 21.8. The lowest BCUT2D eigenvalue weighted by molar-refractivity contribution is -0.270. The second kappa shape index (κ2) is 5.57. The van der Waals surface area contributed by atoms with Gasteiger partial charge in [0.15, 0.2) is 5.60 Å². The molecular formula is C11H20F3NO3S. The molecule has 0 aliphatic carbocycles. The van der Waals surface area contributed by atoms with Gasteiger partial charge in [-0.3, -0.25) is 0 Å². The van der Waals surface area contributed by atoms with Crippen LogP contribution in [0.2, 0.25) is 0 Å². The Morgan fingerprint density at radius 1 is 1.26 bits per heavy atom. The lowest BCUT2D eigenvalue weighted by Crippen LogP contribution is -2.54. The van der Waals surface area contributed by atoms with Crippen molar-refractivity contribution >= 4 is 10.0 Å². The van der Waals surface area contributed by atoms with Crippen molar-refractivity contribution in [2.24, 2.45) is 5.92 Å². The van der Waals surface area contributed by atoms with Crippen molar-refractivity contribution in [2.45, 2.75) is 44.9 Å². The number of hydrogen-bond donors (Lipinski definition) is 1. The van der Waals surface area contributed by atoms with Crippen molar-refractivity contribution in [3.05, 3.63) is 0 Å². The van der Waals surface area contributed by atoms with E-state index in [1.165, 1.54) is 0 Å². The van der Waals surface area contributed by atoms with Crippen molar-refractivity contribution in [3.63, 3.8) is 0 Å². The number of aliphatic hydroxyl groups is 1. The molecule has 1 saturated heterocycles. The quantitative estimate of drug-likeness (QED) is 0.861. The number of halogens is 3. The maximum atomic E-state index is 12.6. The summed E-state index contributed by atoms with van der Waals surface area (Å²) in [4.78, 5) is 0. The molecule has 1 aliphatic heterocycles. The van der Waals surface area contributed by atoms with Crippen LogP contribution in [0, 0.1) is 5.92 Å². The Balaban J connectivity index is 2.63. The molecule has 0 saturated carbocycles. The minimum absolute atomic E-state index is 0.0604.